The normalized spacial score (nSPS) is 11.6. The third-order valence-electron chi connectivity index (χ3n) is 8.36. The van der Waals surface area contributed by atoms with Crippen molar-refractivity contribution in [1.82, 2.24) is 0 Å². The van der Waals surface area contributed by atoms with Crippen LogP contribution in [0.4, 0.5) is 0 Å². The molecule has 0 spiro atoms. The fraction of sp³-hybridized carbons (Fsp3) is 0.227. The van der Waals surface area contributed by atoms with Crippen LogP contribution in [0.25, 0.3) is 0 Å². The fourth-order valence-electron chi connectivity index (χ4n) is 6.80. The summed E-state index contributed by atoms with van der Waals surface area (Å²) in [6, 6.07) is 45.8. The van der Waals surface area contributed by atoms with Gasteiger partial charge in [0.15, 0.2) is 0 Å². The number of rotatable bonds is 7. The van der Waals surface area contributed by atoms with Crippen LogP contribution >= 0.6 is 15.8 Å². The maximum absolute atomic E-state index is 2.48. The third-order valence-corrected chi connectivity index (χ3v) is 13.5. The molecule has 3 heteroatoms. The minimum absolute atomic E-state index is 0. The van der Waals surface area contributed by atoms with Crippen molar-refractivity contribution in [3.63, 3.8) is 0 Å². The standard InChI is InChI=1S/C39H43P2.C5H5.Fe/c1-25-13-26(2)18-34(17-25)40(35-19-27(3)14-28(4)20-35)33(9)38-11-10-12-39(38)41(36-21-29(5)15-30(6)22-36)37-23-31(7)16-32(8)24-37;1-2-4-5-3-1;/h10-24,33H,1-9H3;1-5H;/q-1;-5;. The van der Waals surface area contributed by atoms with Crippen molar-refractivity contribution < 1.29 is 17.1 Å². The minimum atomic E-state index is -0.704. The first kappa shape index (κ1) is 36.8. The summed E-state index contributed by atoms with van der Waals surface area (Å²) in [5.41, 5.74) is 12.6. The average molecular weight is 695 g/mol. The molecule has 1 atom stereocenters. The summed E-state index contributed by atoms with van der Waals surface area (Å²) in [7, 11) is -1.32. The maximum atomic E-state index is 2.48. The van der Waals surface area contributed by atoms with E-state index >= 15 is 0 Å². The second-order valence-corrected chi connectivity index (χ2v) is 17.8. The summed E-state index contributed by atoms with van der Waals surface area (Å²) in [4.78, 5) is 0. The molecule has 0 heterocycles. The van der Waals surface area contributed by atoms with Crippen molar-refractivity contribution in [2.45, 2.75) is 68.0 Å². The van der Waals surface area contributed by atoms with E-state index in [2.05, 4.69) is 153 Å². The van der Waals surface area contributed by atoms with E-state index in [1.165, 1.54) is 76.6 Å². The van der Waals surface area contributed by atoms with Crippen LogP contribution in [0, 0.1) is 55.4 Å². The Labute approximate surface area is 297 Å². The molecule has 248 valence electrons. The van der Waals surface area contributed by atoms with Crippen LogP contribution in [-0.2, 0) is 17.1 Å². The molecule has 0 nitrogen and oxygen atoms in total. The van der Waals surface area contributed by atoms with Gasteiger partial charge in [-0.3, -0.25) is 0 Å². The summed E-state index contributed by atoms with van der Waals surface area (Å²) < 4.78 is 0. The zero-order valence-corrected chi connectivity index (χ0v) is 32.3. The van der Waals surface area contributed by atoms with Gasteiger partial charge in [-0.2, -0.15) is 6.07 Å². The van der Waals surface area contributed by atoms with Crippen LogP contribution in [0.2, 0.25) is 0 Å². The van der Waals surface area contributed by atoms with Crippen molar-refractivity contribution in [2.75, 3.05) is 0 Å². The summed E-state index contributed by atoms with van der Waals surface area (Å²) in [5.74, 6) is 0. The maximum Gasteiger partial charge on any atom is 0 e. The Morgan fingerprint density at radius 1 is 0.468 bits per heavy atom. The molecule has 0 aliphatic rings. The largest absolute Gasteiger partial charge is 0.748 e. The van der Waals surface area contributed by atoms with E-state index < -0.39 is 15.8 Å². The van der Waals surface area contributed by atoms with Crippen LogP contribution in [-0.4, -0.2) is 0 Å². The second kappa shape index (κ2) is 16.4. The molecule has 6 aromatic carbocycles. The van der Waals surface area contributed by atoms with Gasteiger partial charge in [-0.25, -0.2) is 12.1 Å². The Morgan fingerprint density at radius 3 is 1.09 bits per heavy atom. The zero-order valence-electron chi connectivity index (χ0n) is 29.4. The van der Waals surface area contributed by atoms with Crippen LogP contribution < -0.4 is 26.5 Å². The molecule has 0 aromatic heterocycles. The quantitative estimate of drug-likeness (QED) is 0.0887. The van der Waals surface area contributed by atoms with Gasteiger partial charge in [-0.05, 0) is 98.1 Å². The molecule has 1 unspecified atom stereocenters. The van der Waals surface area contributed by atoms with Crippen molar-refractivity contribution >= 4 is 42.4 Å². The van der Waals surface area contributed by atoms with E-state index in [-0.39, 0.29) is 17.1 Å². The molecule has 0 saturated heterocycles. The van der Waals surface area contributed by atoms with Crippen LogP contribution in [0.15, 0.2) is 121 Å². The summed E-state index contributed by atoms with van der Waals surface area (Å²) in [6.07, 6.45) is 0. The molecule has 6 rings (SSSR count). The molecule has 0 bridgehead atoms. The summed E-state index contributed by atoms with van der Waals surface area (Å²) >= 11 is 0. The number of aryl methyl sites for hydroxylation is 8. The van der Waals surface area contributed by atoms with E-state index in [4.69, 9.17) is 0 Å². The number of hydrogen-bond donors (Lipinski definition) is 0. The molecule has 0 saturated carbocycles. The molecule has 0 amide bonds. The van der Waals surface area contributed by atoms with Crippen molar-refractivity contribution in [3.05, 3.63) is 171 Å². The smallest absolute Gasteiger partial charge is 0 e. The van der Waals surface area contributed by atoms with Gasteiger partial charge in [0.05, 0.1) is 0 Å². The summed E-state index contributed by atoms with van der Waals surface area (Å²) in [5, 5.41) is 7.35. The topological polar surface area (TPSA) is 0 Å². The van der Waals surface area contributed by atoms with E-state index in [1.807, 2.05) is 30.3 Å². The van der Waals surface area contributed by atoms with Gasteiger partial charge < -0.3 is 30.3 Å². The Kier molecular flexibility index (Phi) is 12.8. The molecule has 0 fully saturated rings. The predicted octanol–water partition coefficient (Wildman–Crippen LogP) is 10.2. The van der Waals surface area contributed by atoms with E-state index in [1.54, 1.807) is 0 Å². The first-order chi connectivity index (χ1) is 22.0. The van der Waals surface area contributed by atoms with Crippen LogP contribution in [0.1, 0.15) is 62.7 Å². The molecule has 6 aromatic rings. The van der Waals surface area contributed by atoms with Gasteiger partial charge in [-0.1, -0.05) is 124 Å². The molecular formula is C44H48FeP2-6. The molecule has 0 radical (unpaired) electrons. The molecule has 47 heavy (non-hydrogen) atoms. The Hall–Kier alpha value is -3.04. The minimum Gasteiger partial charge on any atom is -0.748 e. The predicted molar refractivity (Wildman–Crippen MR) is 208 cm³/mol. The summed E-state index contributed by atoms with van der Waals surface area (Å²) in [6.45, 7) is 20.4. The van der Waals surface area contributed by atoms with Crippen molar-refractivity contribution in [1.29, 1.82) is 0 Å². The van der Waals surface area contributed by atoms with Gasteiger partial charge in [0, 0.05) is 17.1 Å². The van der Waals surface area contributed by atoms with Gasteiger partial charge in [0.25, 0.3) is 0 Å². The number of benzene rings is 4. The number of hydrogen-bond acceptors (Lipinski definition) is 0. The van der Waals surface area contributed by atoms with E-state index in [0.717, 1.165) is 0 Å². The van der Waals surface area contributed by atoms with E-state index in [9.17, 15) is 0 Å². The van der Waals surface area contributed by atoms with Crippen molar-refractivity contribution in [3.8, 4) is 0 Å². The molecule has 0 aliphatic carbocycles. The van der Waals surface area contributed by atoms with Crippen LogP contribution in [0.3, 0.4) is 0 Å². The molecule has 0 N–H and O–H groups in total. The first-order valence-electron chi connectivity index (χ1n) is 16.3. The van der Waals surface area contributed by atoms with Crippen molar-refractivity contribution in [2.24, 2.45) is 0 Å². The SMILES string of the molecule is Cc1cc(C)cc(P(c2cc(C)cc(C)c2)c2ccc[c-]2C(C)P(c2cc(C)cc(C)c2)c2cc(C)cc(C)c2)c1.[Fe].[cH-]1[cH-][cH-][cH-][cH-]1. The fourth-order valence-corrected chi connectivity index (χ4v) is 12.9. The van der Waals surface area contributed by atoms with E-state index in [0.29, 0.717) is 5.66 Å². The second-order valence-electron chi connectivity index (χ2n) is 13.1. The molecule has 0 aliphatic heterocycles. The Balaban J connectivity index is 0.000000762. The third kappa shape index (κ3) is 9.32. The van der Waals surface area contributed by atoms with Gasteiger partial charge in [-0.15, -0.1) is 10.9 Å². The van der Waals surface area contributed by atoms with Gasteiger partial charge >= 0.3 is 0 Å². The zero-order chi connectivity index (χ0) is 33.0. The monoisotopic (exact) mass is 694 g/mol. The van der Waals surface area contributed by atoms with Crippen LogP contribution in [0.5, 0.6) is 0 Å². The van der Waals surface area contributed by atoms with Gasteiger partial charge in [0.2, 0.25) is 0 Å². The Morgan fingerprint density at radius 2 is 0.766 bits per heavy atom. The average Bonchev–Trinajstić information content (AvgIpc) is 3.68. The molecular weight excluding hydrogens is 646 g/mol. The first-order valence-corrected chi connectivity index (χ1v) is 19.1. The Bertz CT molecular complexity index is 1710. The van der Waals surface area contributed by atoms with Gasteiger partial charge in [0.1, 0.15) is 0 Å².